The second kappa shape index (κ2) is 6.85. The Hall–Kier alpha value is -1.69. The first-order chi connectivity index (χ1) is 9.98. The maximum absolute atomic E-state index is 12.1. The molecule has 0 bridgehead atoms. The fraction of sp³-hybridized carbons (Fsp3) is 0.250. The van der Waals surface area contributed by atoms with Crippen LogP contribution in [0.3, 0.4) is 0 Å². The molecule has 0 radical (unpaired) electrons. The lowest BCUT2D eigenvalue weighted by Crippen LogP contribution is -2.21. The van der Waals surface area contributed by atoms with Gasteiger partial charge in [0.1, 0.15) is 0 Å². The summed E-state index contributed by atoms with van der Waals surface area (Å²) in [5.74, 6) is -0.804. The molecule has 0 spiro atoms. The molecular weight excluding hydrogens is 288 g/mol. The second-order valence-electron chi connectivity index (χ2n) is 4.93. The van der Waals surface area contributed by atoms with Gasteiger partial charge in [0.15, 0.2) is 9.84 Å². The molecule has 0 amide bonds. The largest absolute Gasteiger partial charge is 0.387 e. The van der Waals surface area contributed by atoms with Gasteiger partial charge in [-0.15, -0.1) is 0 Å². The van der Waals surface area contributed by atoms with Crippen molar-refractivity contribution in [1.82, 2.24) is 0 Å². The van der Waals surface area contributed by atoms with Crippen LogP contribution in [0.2, 0.25) is 0 Å². The van der Waals surface area contributed by atoms with E-state index in [2.05, 4.69) is 0 Å². The Kier molecular flexibility index (Phi) is 5.12. The Labute approximate surface area is 124 Å². The molecule has 112 valence electrons. The average Bonchev–Trinajstić information content (AvgIpc) is 2.48. The van der Waals surface area contributed by atoms with Crippen molar-refractivity contribution in [2.45, 2.75) is 12.2 Å². The van der Waals surface area contributed by atoms with Crippen molar-refractivity contribution in [1.29, 1.82) is 0 Å². The number of aliphatic hydroxyl groups excluding tert-OH is 2. The highest BCUT2D eigenvalue weighted by Crippen LogP contribution is 2.19. The third kappa shape index (κ3) is 4.67. The van der Waals surface area contributed by atoms with Crippen molar-refractivity contribution in [3.63, 3.8) is 0 Å². The molecule has 0 aliphatic heterocycles. The van der Waals surface area contributed by atoms with Crippen LogP contribution in [-0.2, 0) is 9.84 Å². The molecule has 4 nitrogen and oxygen atoms in total. The maximum atomic E-state index is 12.1. The highest BCUT2D eigenvalue weighted by molar-refractivity contribution is 7.91. The van der Waals surface area contributed by atoms with Crippen molar-refractivity contribution in [2.24, 2.45) is 0 Å². The lowest BCUT2D eigenvalue weighted by molar-refractivity contribution is 0.194. The second-order valence-corrected chi connectivity index (χ2v) is 7.08. The number of hydrogen-bond donors (Lipinski definition) is 2. The molecule has 2 rings (SSSR count). The number of benzene rings is 2. The summed E-state index contributed by atoms with van der Waals surface area (Å²) in [4.78, 5) is 0. The standard InChI is InChI=1S/C16H18O4S/c17-15(13-7-3-1-4-8-13)11-21(19,20)12-16(18)14-9-5-2-6-10-14/h1-10,15-18H,11-12H2. The van der Waals surface area contributed by atoms with E-state index in [4.69, 9.17) is 0 Å². The van der Waals surface area contributed by atoms with Crippen molar-refractivity contribution in [2.75, 3.05) is 11.5 Å². The van der Waals surface area contributed by atoms with Crippen LogP contribution in [0.1, 0.15) is 23.3 Å². The molecule has 5 heteroatoms. The summed E-state index contributed by atoms with van der Waals surface area (Å²) in [7, 11) is -3.58. The number of hydrogen-bond acceptors (Lipinski definition) is 4. The first-order valence-corrected chi connectivity index (χ1v) is 8.46. The minimum absolute atomic E-state index is 0.402. The summed E-state index contributed by atoms with van der Waals surface area (Å²) in [5, 5.41) is 20.0. The molecule has 2 N–H and O–H groups in total. The van der Waals surface area contributed by atoms with Gasteiger partial charge in [0.25, 0.3) is 0 Å². The minimum Gasteiger partial charge on any atom is -0.387 e. The normalized spacial score (nSPS) is 14.6. The molecule has 0 saturated carbocycles. The summed E-state index contributed by atoms with van der Waals surface area (Å²) in [6, 6.07) is 17.2. The third-order valence-corrected chi connectivity index (χ3v) is 4.84. The van der Waals surface area contributed by atoms with Crippen LogP contribution in [0, 0.1) is 0 Å². The zero-order chi connectivity index (χ0) is 15.3. The first-order valence-electron chi connectivity index (χ1n) is 6.64. The molecule has 2 atom stereocenters. The molecule has 0 aliphatic rings. The van der Waals surface area contributed by atoms with E-state index in [1.807, 2.05) is 0 Å². The summed E-state index contributed by atoms with van der Waals surface area (Å²) in [5.41, 5.74) is 1.10. The third-order valence-electron chi connectivity index (χ3n) is 3.19. The molecule has 0 saturated heterocycles. The smallest absolute Gasteiger partial charge is 0.156 e. The Bertz CT molecular complexity index is 600. The molecule has 0 aromatic heterocycles. The number of aliphatic hydroxyl groups is 2. The van der Waals surface area contributed by atoms with Crippen molar-refractivity contribution in [3.8, 4) is 0 Å². The zero-order valence-corrected chi connectivity index (χ0v) is 12.3. The van der Waals surface area contributed by atoms with E-state index in [1.54, 1.807) is 60.7 Å². The van der Waals surface area contributed by atoms with Gasteiger partial charge in [-0.05, 0) is 11.1 Å². The average molecular weight is 306 g/mol. The van der Waals surface area contributed by atoms with Crippen molar-refractivity contribution in [3.05, 3.63) is 71.8 Å². The molecule has 21 heavy (non-hydrogen) atoms. The van der Waals surface area contributed by atoms with Crippen LogP contribution in [-0.4, -0.2) is 30.1 Å². The van der Waals surface area contributed by atoms with E-state index >= 15 is 0 Å². The quantitative estimate of drug-likeness (QED) is 0.854. The Morgan fingerprint density at radius 3 is 1.38 bits per heavy atom. The summed E-state index contributed by atoms with van der Waals surface area (Å²) in [6.45, 7) is 0. The molecule has 2 aromatic rings. The van der Waals surface area contributed by atoms with E-state index in [0.29, 0.717) is 11.1 Å². The highest BCUT2D eigenvalue weighted by Gasteiger charge is 2.23. The van der Waals surface area contributed by atoms with Crippen LogP contribution in [0.15, 0.2) is 60.7 Å². The van der Waals surface area contributed by atoms with Crippen LogP contribution < -0.4 is 0 Å². The van der Waals surface area contributed by atoms with Gasteiger partial charge in [0.05, 0.1) is 23.7 Å². The van der Waals surface area contributed by atoms with Gasteiger partial charge in [-0.1, -0.05) is 60.7 Å². The molecule has 0 aliphatic carbocycles. The Balaban J connectivity index is 2.02. The van der Waals surface area contributed by atoms with Gasteiger partial charge in [0, 0.05) is 0 Å². The van der Waals surface area contributed by atoms with E-state index in [9.17, 15) is 18.6 Å². The van der Waals surface area contributed by atoms with Crippen LogP contribution >= 0.6 is 0 Å². The topological polar surface area (TPSA) is 74.6 Å². The molecule has 2 unspecified atom stereocenters. The van der Waals surface area contributed by atoms with Gasteiger partial charge in [-0.25, -0.2) is 8.42 Å². The van der Waals surface area contributed by atoms with E-state index < -0.39 is 33.6 Å². The fourth-order valence-electron chi connectivity index (χ4n) is 2.09. The van der Waals surface area contributed by atoms with Gasteiger partial charge >= 0.3 is 0 Å². The van der Waals surface area contributed by atoms with Gasteiger partial charge < -0.3 is 10.2 Å². The fourth-order valence-corrected chi connectivity index (χ4v) is 3.58. The predicted molar refractivity (Wildman–Crippen MR) is 81.5 cm³/mol. The van der Waals surface area contributed by atoms with Crippen molar-refractivity contribution >= 4 is 9.84 Å². The molecule has 0 heterocycles. The van der Waals surface area contributed by atoms with Gasteiger partial charge in [-0.3, -0.25) is 0 Å². The first kappa shape index (κ1) is 15.7. The van der Waals surface area contributed by atoms with Crippen molar-refractivity contribution < 1.29 is 18.6 Å². The molecule has 2 aromatic carbocycles. The van der Waals surface area contributed by atoms with E-state index in [1.165, 1.54) is 0 Å². The van der Waals surface area contributed by atoms with Crippen LogP contribution in [0.4, 0.5) is 0 Å². The van der Waals surface area contributed by atoms with E-state index in [-0.39, 0.29) is 0 Å². The highest BCUT2D eigenvalue weighted by atomic mass is 32.2. The minimum atomic E-state index is -3.58. The van der Waals surface area contributed by atoms with Gasteiger partial charge in [-0.2, -0.15) is 0 Å². The maximum Gasteiger partial charge on any atom is 0.156 e. The summed E-state index contributed by atoms with van der Waals surface area (Å²) >= 11 is 0. The predicted octanol–water partition coefficient (Wildman–Crippen LogP) is 1.87. The zero-order valence-electron chi connectivity index (χ0n) is 11.5. The van der Waals surface area contributed by atoms with Crippen LogP contribution in [0.25, 0.3) is 0 Å². The lowest BCUT2D eigenvalue weighted by atomic mass is 10.1. The SMILES string of the molecule is O=S(=O)(CC(O)c1ccccc1)CC(O)c1ccccc1. The van der Waals surface area contributed by atoms with Crippen LogP contribution in [0.5, 0.6) is 0 Å². The number of sulfone groups is 1. The monoisotopic (exact) mass is 306 g/mol. The van der Waals surface area contributed by atoms with E-state index in [0.717, 1.165) is 0 Å². The Morgan fingerprint density at radius 2 is 1.05 bits per heavy atom. The van der Waals surface area contributed by atoms with Gasteiger partial charge in [0.2, 0.25) is 0 Å². The number of rotatable bonds is 6. The lowest BCUT2D eigenvalue weighted by Gasteiger charge is -2.14. The Morgan fingerprint density at radius 1 is 0.714 bits per heavy atom. The summed E-state index contributed by atoms with van der Waals surface area (Å²) in [6.07, 6.45) is -2.17. The molecule has 0 fully saturated rings. The summed E-state index contributed by atoms with van der Waals surface area (Å²) < 4.78 is 24.2. The molecular formula is C16H18O4S.